The number of aryl methyl sites for hydroxylation is 1. The lowest BCUT2D eigenvalue weighted by molar-refractivity contribution is 0.0526. The fraction of sp³-hybridized carbons (Fsp3) is 0.300. The second-order valence-electron chi connectivity index (χ2n) is 5.83. The van der Waals surface area contributed by atoms with Crippen LogP contribution in [0.2, 0.25) is 5.02 Å². The summed E-state index contributed by atoms with van der Waals surface area (Å²) >= 11 is 11.5. The highest BCUT2D eigenvalue weighted by Gasteiger charge is 2.15. The summed E-state index contributed by atoms with van der Waals surface area (Å²) in [5.74, 6) is -0.452. The van der Waals surface area contributed by atoms with E-state index in [9.17, 15) is 4.79 Å². The van der Waals surface area contributed by atoms with E-state index in [1.54, 1.807) is 25.1 Å². The minimum atomic E-state index is -0.452. The van der Waals surface area contributed by atoms with Gasteiger partial charge in [0.2, 0.25) is 0 Å². The fourth-order valence-corrected chi connectivity index (χ4v) is 3.13. The summed E-state index contributed by atoms with van der Waals surface area (Å²) in [6.45, 7) is 6.24. The average Bonchev–Trinajstić information content (AvgIpc) is 2.62. The van der Waals surface area contributed by atoms with Crippen LogP contribution in [0, 0.1) is 6.92 Å². The molecule has 0 saturated carbocycles. The zero-order chi connectivity index (χ0) is 19.1. The van der Waals surface area contributed by atoms with Gasteiger partial charge in [-0.2, -0.15) is 0 Å². The number of halogens is 1. The monoisotopic (exact) mass is 390 g/mol. The van der Waals surface area contributed by atoms with Crippen molar-refractivity contribution in [1.29, 1.82) is 0 Å². The number of rotatable bonds is 6. The van der Waals surface area contributed by atoms with Gasteiger partial charge < -0.3 is 15.4 Å². The summed E-state index contributed by atoms with van der Waals surface area (Å²) in [5.41, 5.74) is 3.41. The summed E-state index contributed by atoms with van der Waals surface area (Å²) in [6.07, 6.45) is 0.890. The van der Waals surface area contributed by atoms with E-state index in [-0.39, 0.29) is 6.04 Å². The van der Waals surface area contributed by atoms with Gasteiger partial charge >= 0.3 is 5.97 Å². The highest BCUT2D eigenvalue weighted by Crippen LogP contribution is 2.23. The van der Waals surface area contributed by atoms with Gasteiger partial charge in [0.1, 0.15) is 0 Å². The molecule has 2 rings (SSSR count). The number of hydrogen-bond acceptors (Lipinski definition) is 3. The van der Waals surface area contributed by atoms with Crippen LogP contribution in [0.5, 0.6) is 0 Å². The SMILES string of the molecule is CCOC(=O)c1cc(NC(=S)NC(CC)c2ccccc2C)ccc1Cl. The number of esters is 1. The van der Waals surface area contributed by atoms with E-state index in [4.69, 9.17) is 28.6 Å². The summed E-state index contributed by atoms with van der Waals surface area (Å²) in [6, 6.07) is 13.4. The quantitative estimate of drug-likeness (QED) is 0.520. The van der Waals surface area contributed by atoms with Crippen molar-refractivity contribution in [2.24, 2.45) is 0 Å². The number of ether oxygens (including phenoxy) is 1. The Balaban J connectivity index is 2.11. The van der Waals surface area contributed by atoms with Crippen LogP contribution in [0.1, 0.15) is 47.8 Å². The van der Waals surface area contributed by atoms with Crippen LogP contribution in [0.15, 0.2) is 42.5 Å². The molecule has 2 aromatic carbocycles. The second kappa shape index (κ2) is 9.55. The van der Waals surface area contributed by atoms with Gasteiger partial charge in [0.25, 0.3) is 0 Å². The molecule has 6 heteroatoms. The number of anilines is 1. The Kier molecular flexibility index (Phi) is 7.42. The molecule has 0 amide bonds. The van der Waals surface area contributed by atoms with Crippen molar-refractivity contribution in [3.05, 3.63) is 64.2 Å². The molecule has 0 bridgehead atoms. The van der Waals surface area contributed by atoms with Crippen LogP contribution in [-0.2, 0) is 4.74 Å². The van der Waals surface area contributed by atoms with Crippen LogP contribution < -0.4 is 10.6 Å². The zero-order valence-electron chi connectivity index (χ0n) is 15.1. The van der Waals surface area contributed by atoms with Crippen molar-refractivity contribution >= 4 is 40.6 Å². The number of hydrogen-bond donors (Lipinski definition) is 2. The van der Waals surface area contributed by atoms with E-state index < -0.39 is 5.97 Å². The fourth-order valence-electron chi connectivity index (χ4n) is 2.67. The van der Waals surface area contributed by atoms with Gasteiger partial charge in [0.15, 0.2) is 5.11 Å². The van der Waals surface area contributed by atoms with Crippen LogP contribution in [0.4, 0.5) is 5.69 Å². The van der Waals surface area contributed by atoms with E-state index in [0.717, 1.165) is 6.42 Å². The van der Waals surface area contributed by atoms with Gasteiger partial charge in [-0.15, -0.1) is 0 Å². The van der Waals surface area contributed by atoms with Crippen molar-refractivity contribution in [2.45, 2.75) is 33.2 Å². The molecule has 4 nitrogen and oxygen atoms in total. The van der Waals surface area contributed by atoms with Crippen LogP contribution >= 0.6 is 23.8 Å². The third kappa shape index (κ3) is 5.19. The van der Waals surface area contributed by atoms with Gasteiger partial charge in [-0.3, -0.25) is 0 Å². The van der Waals surface area contributed by atoms with E-state index in [0.29, 0.717) is 28.0 Å². The number of nitrogens with one attached hydrogen (secondary N) is 2. The number of carbonyl (C=O) groups excluding carboxylic acids is 1. The minimum absolute atomic E-state index is 0.105. The number of thiocarbonyl (C=S) groups is 1. The Labute approximate surface area is 164 Å². The molecular weight excluding hydrogens is 368 g/mol. The Bertz CT molecular complexity index is 795. The molecule has 0 saturated heterocycles. The van der Waals surface area contributed by atoms with Crippen molar-refractivity contribution < 1.29 is 9.53 Å². The summed E-state index contributed by atoms with van der Waals surface area (Å²) in [7, 11) is 0. The van der Waals surface area contributed by atoms with Gasteiger partial charge in [0.05, 0.1) is 23.2 Å². The molecule has 1 atom stereocenters. The highest BCUT2D eigenvalue weighted by atomic mass is 35.5. The number of benzene rings is 2. The van der Waals surface area contributed by atoms with Crippen molar-refractivity contribution in [1.82, 2.24) is 5.32 Å². The zero-order valence-corrected chi connectivity index (χ0v) is 16.7. The van der Waals surface area contributed by atoms with E-state index in [1.165, 1.54) is 11.1 Å². The van der Waals surface area contributed by atoms with Crippen molar-refractivity contribution in [3.8, 4) is 0 Å². The maximum atomic E-state index is 12.0. The normalized spacial score (nSPS) is 11.5. The minimum Gasteiger partial charge on any atom is -0.462 e. The van der Waals surface area contributed by atoms with Crippen molar-refractivity contribution in [3.63, 3.8) is 0 Å². The highest BCUT2D eigenvalue weighted by molar-refractivity contribution is 7.80. The van der Waals surface area contributed by atoms with Gasteiger partial charge in [-0.25, -0.2) is 4.79 Å². The molecule has 138 valence electrons. The first-order valence-corrected chi connectivity index (χ1v) is 9.34. The third-order valence-electron chi connectivity index (χ3n) is 4.00. The standard InChI is InChI=1S/C20H23ClN2O2S/c1-4-18(15-9-7-6-8-13(15)3)23-20(26)22-14-10-11-17(21)16(12-14)19(24)25-5-2/h6-12,18H,4-5H2,1-3H3,(H2,22,23,26). The Hall–Kier alpha value is -2.11. The summed E-state index contributed by atoms with van der Waals surface area (Å²) in [5, 5.41) is 7.28. The first kappa shape index (κ1) is 20.2. The van der Waals surface area contributed by atoms with E-state index >= 15 is 0 Å². The molecule has 0 radical (unpaired) electrons. The van der Waals surface area contributed by atoms with Gasteiger partial charge in [-0.1, -0.05) is 42.8 Å². The predicted molar refractivity (Wildman–Crippen MR) is 111 cm³/mol. The molecule has 0 spiro atoms. The molecular formula is C20H23ClN2O2S. The van der Waals surface area contributed by atoms with E-state index in [2.05, 4.69) is 36.6 Å². The lowest BCUT2D eigenvalue weighted by Crippen LogP contribution is -2.32. The van der Waals surface area contributed by atoms with Crippen molar-refractivity contribution in [2.75, 3.05) is 11.9 Å². The molecule has 0 aromatic heterocycles. The second-order valence-corrected chi connectivity index (χ2v) is 6.65. The van der Waals surface area contributed by atoms with Crippen LogP contribution in [0.25, 0.3) is 0 Å². The van der Waals surface area contributed by atoms with Crippen LogP contribution in [-0.4, -0.2) is 17.7 Å². The molecule has 0 aliphatic carbocycles. The third-order valence-corrected chi connectivity index (χ3v) is 4.55. The Morgan fingerprint density at radius 2 is 1.96 bits per heavy atom. The molecule has 0 heterocycles. The molecule has 0 aliphatic rings. The maximum absolute atomic E-state index is 12.0. The molecule has 0 fully saturated rings. The maximum Gasteiger partial charge on any atom is 0.339 e. The first-order chi connectivity index (χ1) is 12.5. The lowest BCUT2D eigenvalue weighted by atomic mass is 10.00. The predicted octanol–water partition coefficient (Wildman–Crippen LogP) is 5.26. The molecule has 2 N–H and O–H groups in total. The smallest absolute Gasteiger partial charge is 0.339 e. The van der Waals surface area contributed by atoms with E-state index in [1.807, 2.05) is 12.1 Å². The lowest BCUT2D eigenvalue weighted by Gasteiger charge is -2.22. The number of carbonyl (C=O) groups is 1. The average molecular weight is 391 g/mol. The van der Waals surface area contributed by atoms with Gasteiger partial charge in [0, 0.05) is 5.69 Å². The summed E-state index contributed by atoms with van der Waals surface area (Å²) < 4.78 is 5.02. The largest absolute Gasteiger partial charge is 0.462 e. The Morgan fingerprint density at radius 3 is 2.62 bits per heavy atom. The molecule has 0 aliphatic heterocycles. The topological polar surface area (TPSA) is 50.4 Å². The van der Waals surface area contributed by atoms with Gasteiger partial charge in [-0.05, 0) is 61.8 Å². The molecule has 1 unspecified atom stereocenters. The molecule has 26 heavy (non-hydrogen) atoms. The first-order valence-electron chi connectivity index (χ1n) is 8.56. The van der Waals surface area contributed by atoms with Crippen LogP contribution in [0.3, 0.4) is 0 Å². The molecule has 2 aromatic rings. The summed E-state index contributed by atoms with van der Waals surface area (Å²) in [4.78, 5) is 12.0. The Morgan fingerprint density at radius 1 is 1.23 bits per heavy atom.